The zero-order valence-electron chi connectivity index (χ0n) is 11.3. The third-order valence-electron chi connectivity index (χ3n) is 3.07. The number of hydrogen-bond acceptors (Lipinski definition) is 2. The van der Waals surface area contributed by atoms with Gasteiger partial charge in [-0.1, -0.05) is 19.1 Å². The van der Waals surface area contributed by atoms with Gasteiger partial charge in [0.05, 0.1) is 16.2 Å². The van der Waals surface area contributed by atoms with Crippen LogP contribution < -0.4 is 5.32 Å². The summed E-state index contributed by atoms with van der Waals surface area (Å²) in [7, 11) is 0. The number of hydrogen-bond donors (Lipinski definition) is 1. The van der Waals surface area contributed by atoms with E-state index in [1.807, 2.05) is 19.1 Å². The van der Waals surface area contributed by atoms with Crippen LogP contribution in [-0.4, -0.2) is 11.5 Å². The molecule has 2 aromatic rings. The molecule has 0 spiro atoms. The first-order valence-electron chi connectivity index (χ1n) is 6.50. The highest BCUT2D eigenvalue weighted by molar-refractivity contribution is 9.11. The second kappa shape index (κ2) is 7.81. The summed E-state index contributed by atoms with van der Waals surface area (Å²) in [6, 6.07) is 7.07. The molecule has 1 unspecified atom stereocenters. The fourth-order valence-electron chi connectivity index (χ4n) is 2.12. The Kier molecular flexibility index (Phi) is 6.34. The highest BCUT2D eigenvalue weighted by Crippen LogP contribution is 2.29. The van der Waals surface area contributed by atoms with Crippen molar-refractivity contribution in [1.82, 2.24) is 10.3 Å². The molecule has 1 atom stereocenters. The molecular weight excluding hydrogens is 467 g/mol. The molecule has 0 fully saturated rings. The van der Waals surface area contributed by atoms with Crippen molar-refractivity contribution in [3.05, 3.63) is 61.0 Å². The van der Waals surface area contributed by atoms with Gasteiger partial charge in [0.25, 0.3) is 0 Å². The van der Waals surface area contributed by atoms with Crippen molar-refractivity contribution < 1.29 is 4.39 Å². The summed E-state index contributed by atoms with van der Waals surface area (Å²) >= 11 is 10.3. The van der Waals surface area contributed by atoms with Crippen LogP contribution in [0.4, 0.5) is 4.39 Å². The van der Waals surface area contributed by atoms with Crippen LogP contribution >= 0.6 is 47.8 Å². The molecule has 0 aliphatic carbocycles. The van der Waals surface area contributed by atoms with Gasteiger partial charge in [0.2, 0.25) is 0 Å². The number of rotatable bonds is 5. The molecule has 1 heterocycles. The van der Waals surface area contributed by atoms with Crippen LogP contribution in [0.2, 0.25) is 0 Å². The van der Waals surface area contributed by atoms with E-state index in [1.54, 1.807) is 12.3 Å². The maximum absolute atomic E-state index is 13.7. The molecule has 1 aromatic carbocycles. The van der Waals surface area contributed by atoms with E-state index in [4.69, 9.17) is 0 Å². The first-order valence-corrected chi connectivity index (χ1v) is 8.88. The van der Waals surface area contributed by atoms with Crippen LogP contribution in [0.25, 0.3) is 0 Å². The van der Waals surface area contributed by atoms with Gasteiger partial charge in [-0.05, 0) is 78.5 Å². The van der Waals surface area contributed by atoms with Gasteiger partial charge in [0.15, 0.2) is 0 Å². The monoisotopic (exact) mass is 478 g/mol. The Hall–Kier alpha value is -0.300. The molecule has 0 bridgehead atoms. The lowest BCUT2D eigenvalue weighted by atomic mass is 10.0. The number of aromatic nitrogens is 1. The molecule has 6 heteroatoms. The second-order valence-corrected chi connectivity index (χ2v) is 7.11. The van der Waals surface area contributed by atoms with Crippen LogP contribution in [0.3, 0.4) is 0 Å². The smallest absolute Gasteiger partial charge is 0.137 e. The quantitative estimate of drug-likeness (QED) is 0.619. The lowest BCUT2D eigenvalue weighted by Crippen LogP contribution is -2.24. The summed E-state index contributed by atoms with van der Waals surface area (Å²) in [6.45, 7) is 2.85. The van der Waals surface area contributed by atoms with Crippen molar-refractivity contribution in [1.29, 1.82) is 0 Å². The number of halogens is 4. The van der Waals surface area contributed by atoms with Crippen molar-refractivity contribution in [3.8, 4) is 0 Å². The number of benzene rings is 1. The molecule has 1 aromatic heterocycles. The Labute approximate surface area is 148 Å². The minimum Gasteiger partial charge on any atom is -0.309 e. The normalized spacial score (nSPS) is 12.4. The largest absolute Gasteiger partial charge is 0.309 e. The SMILES string of the molecule is CCNC(Cc1cccc(F)c1Br)c1ncc(Br)cc1Br. The summed E-state index contributed by atoms with van der Waals surface area (Å²) < 4.78 is 16.0. The lowest BCUT2D eigenvalue weighted by molar-refractivity contribution is 0.530. The molecule has 2 nitrogen and oxygen atoms in total. The number of pyridine rings is 1. The van der Waals surface area contributed by atoms with E-state index in [0.29, 0.717) is 10.9 Å². The van der Waals surface area contributed by atoms with Crippen molar-refractivity contribution in [3.63, 3.8) is 0 Å². The Bertz CT molecular complexity index is 634. The van der Waals surface area contributed by atoms with E-state index in [0.717, 1.165) is 26.7 Å². The molecule has 1 N–H and O–H groups in total. The average Bonchev–Trinajstić information content (AvgIpc) is 2.43. The fourth-order valence-corrected chi connectivity index (χ4v) is 3.81. The van der Waals surface area contributed by atoms with E-state index in [9.17, 15) is 4.39 Å². The van der Waals surface area contributed by atoms with Gasteiger partial charge in [-0.2, -0.15) is 0 Å². The first kappa shape index (κ1) is 17.1. The number of nitrogens with zero attached hydrogens (tertiary/aromatic N) is 1. The molecule has 0 aliphatic rings. The zero-order valence-corrected chi connectivity index (χ0v) is 16.1. The summed E-state index contributed by atoms with van der Waals surface area (Å²) in [5.74, 6) is -0.245. The van der Waals surface area contributed by atoms with Gasteiger partial charge < -0.3 is 5.32 Å². The molecule has 0 amide bonds. The van der Waals surface area contributed by atoms with Crippen molar-refractivity contribution in [2.24, 2.45) is 0 Å². The van der Waals surface area contributed by atoms with Gasteiger partial charge in [-0.25, -0.2) is 4.39 Å². The lowest BCUT2D eigenvalue weighted by Gasteiger charge is -2.19. The van der Waals surface area contributed by atoms with Crippen molar-refractivity contribution >= 4 is 47.8 Å². The molecule has 112 valence electrons. The van der Waals surface area contributed by atoms with Crippen molar-refractivity contribution in [2.75, 3.05) is 6.54 Å². The maximum Gasteiger partial charge on any atom is 0.137 e. The first-order chi connectivity index (χ1) is 10.0. The van der Waals surface area contributed by atoms with Crippen LogP contribution in [0.1, 0.15) is 24.2 Å². The third kappa shape index (κ3) is 4.34. The molecule has 21 heavy (non-hydrogen) atoms. The molecule has 2 rings (SSSR count). The van der Waals surface area contributed by atoms with Crippen LogP contribution in [0.5, 0.6) is 0 Å². The topological polar surface area (TPSA) is 24.9 Å². The maximum atomic E-state index is 13.7. The summed E-state index contributed by atoms with van der Waals surface area (Å²) in [5.41, 5.74) is 1.83. The van der Waals surface area contributed by atoms with E-state index in [1.165, 1.54) is 6.07 Å². The van der Waals surface area contributed by atoms with Gasteiger partial charge >= 0.3 is 0 Å². The van der Waals surface area contributed by atoms with Gasteiger partial charge in [-0.15, -0.1) is 0 Å². The summed E-state index contributed by atoms with van der Waals surface area (Å²) in [4.78, 5) is 4.48. The standard InChI is InChI=1S/C15H14Br3FN2/c1-2-20-13(15-11(17)7-10(16)8-21-15)6-9-4-3-5-12(19)14(9)18/h3-5,7-8,13,20H,2,6H2,1H3. The summed E-state index contributed by atoms with van der Waals surface area (Å²) in [5, 5.41) is 3.40. The molecular formula is C15H14Br3FN2. The van der Waals surface area contributed by atoms with Crippen LogP contribution in [0.15, 0.2) is 43.9 Å². The minimum atomic E-state index is -0.245. The average molecular weight is 481 g/mol. The third-order valence-corrected chi connectivity index (χ3v) is 5.03. The summed E-state index contributed by atoms with van der Waals surface area (Å²) in [6.07, 6.45) is 2.42. The molecule has 0 saturated heterocycles. The number of nitrogens with one attached hydrogen (secondary N) is 1. The van der Waals surface area contributed by atoms with E-state index in [2.05, 4.69) is 58.1 Å². The zero-order chi connectivity index (χ0) is 15.4. The molecule has 0 saturated carbocycles. The van der Waals surface area contributed by atoms with E-state index < -0.39 is 0 Å². The van der Waals surface area contributed by atoms with Crippen molar-refractivity contribution in [2.45, 2.75) is 19.4 Å². The van der Waals surface area contributed by atoms with Gasteiger partial charge in [-0.3, -0.25) is 4.98 Å². The Morgan fingerprint density at radius 3 is 2.71 bits per heavy atom. The Morgan fingerprint density at radius 1 is 1.29 bits per heavy atom. The van der Waals surface area contributed by atoms with Crippen LogP contribution in [-0.2, 0) is 6.42 Å². The predicted octanol–water partition coefficient (Wildman–Crippen LogP) is 5.40. The van der Waals surface area contributed by atoms with Crippen LogP contribution in [0, 0.1) is 5.82 Å². The molecule has 0 radical (unpaired) electrons. The highest BCUT2D eigenvalue weighted by atomic mass is 79.9. The Balaban J connectivity index is 2.33. The molecule has 0 aliphatic heterocycles. The number of likely N-dealkylation sites (N-methyl/N-ethyl adjacent to an activating group) is 1. The predicted molar refractivity (Wildman–Crippen MR) is 93.9 cm³/mol. The highest BCUT2D eigenvalue weighted by Gasteiger charge is 2.18. The Morgan fingerprint density at radius 2 is 2.05 bits per heavy atom. The van der Waals surface area contributed by atoms with E-state index in [-0.39, 0.29) is 11.9 Å². The van der Waals surface area contributed by atoms with Gasteiger partial charge in [0.1, 0.15) is 5.82 Å². The minimum absolute atomic E-state index is 0.00979. The van der Waals surface area contributed by atoms with E-state index >= 15 is 0 Å². The second-order valence-electron chi connectivity index (χ2n) is 4.55. The van der Waals surface area contributed by atoms with Gasteiger partial charge in [0, 0.05) is 15.1 Å². The fraction of sp³-hybridized carbons (Fsp3) is 0.267.